The maximum Gasteiger partial charge on any atom is 0.344 e. The van der Waals surface area contributed by atoms with Crippen molar-refractivity contribution in [1.29, 1.82) is 0 Å². The summed E-state index contributed by atoms with van der Waals surface area (Å²) in [6, 6.07) is 29.9. The summed E-state index contributed by atoms with van der Waals surface area (Å²) in [5, 5.41) is 5.83. The van der Waals surface area contributed by atoms with Crippen molar-refractivity contribution in [3.05, 3.63) is 107 Å². The van der Waals surface area contributed by atoms with Crippen LogP contribution >= 0.6 is 0 Å². The third-order valence-corrected chi connectivity index (χ3v) is 5.21. The number of rotatable bonds is 5. The number of benzene rings is 4. The van der Waals surface area contributed by atoms with Gasteiger partial charge >= 0.3 is 5.63 Å². The Bertz CT molecular complexity index is 1490. The lowest BCUT2D eigenvalue weighted by molar-refractivity contribution is -0.118. The van der Waals surface area contributed by atoms with Gasteiger partial charge < -0.3 is 14.5 Å². The number of carbonyl (C=O) groups excluding carboxylic acids is 1. The lowest BCUT2D eigenvalue weighted by Gasteiger charge is -2.09. The second-order valence-corrected chi connectivity index (χ2v) is 7.41. The molecule has 5 heteroatoms. The lowest BCUT2D eigenvalue weighted by atomic mass is 10.1. The van der Waals surface area contributed by atoms with Gasteiger partial charge in [-0.3, -0.25) is 4.79 Å². The van der Waals surface area contributed by atoms with E-state index in [0.29, 0.717) is 22.6 Å². The quantitative estimate of drug-likeness (QED) is 0.374. The summed E-state index contributed by atoms with van der Waals surface area (Å²) in [6.07, 6.45) is 0. The van der Waals surface area contributed by atoms with Gasteiger partial charge in [0.15, 0.2) is 6.61 Å². The van der Waals surface area contributed by atoms with E-state index < -0.39 is 5.63 Å². The predicted molar refractivity (Wildman–Crippen MR) is 126 cm³/mol. The van der Waals surface area contributed by atoms with Gasteiger partial charge in [0.2, 0.25) is 0 Å². The maximum absolute atomic E-state index is 12.3. The minimum Gasteiger partial charge on any atom is -0.484 e. The first-order valence-corrected chi connectivity index (χ1v) is 10.2. The highest BCUT2D eigenvalue weighted by atomic mass is 16.5. The minimum absolute atomic E-state index is 0.103. The molecule has 0 radical (unpaired) electrons. The average molecular weight is 421 g/mol. The largest absolute Gasteiger partial charge is 0.484 e. The number of nitrogens with one attached hydrogen (secondary N) is 1. The zero-order chi connectivity index (χ0) is 21.9. The van der Waals surface area contributed by atoms with Crippen LogP contribution in [0.25, 0.3) is 32.9 Å². The number of para-hydroxylation sites is 1. The Morgan fingerprint density at radius 3 is 2.31 bits per heavy atom. The molecule has 0 bridgehead atoms. The van der Waals surface area contributed by atoms with E-state index in [0.717, 1.165) is 21.7 Å². The lowest BCUT2D eigenvalue weighted by Crippen LogP contribution is -2.20. The van der Waals surface area contributed by atoms with Crippen LogP contribution in [0.3, 0.4) is 0 Å². The fraction of sp³-hybridized carbons (Fsp3) is 0.0370. The third kappa shape index (κ3) is 4.09. The molecule has 5 rings (SSSR count). The molecule has 0 fully saturated rings. The highest BCUT2D eigenvalue weighted by Crippen LogP contribution is 2.23. The number of fused-ring (bicyclic) bond motifs is 2. The molecule has 0 aliphatic carbocycles. The first-order chi connectivity index (χ1) is 15.7. The number of hydrogen-bond donors (Lipinski definition) is 1. The van der Waals surface area contributed by atoms with Crippen LogP contribution in [0.5, 0.6) is 5.75 Å². The first kappa shape index (κ1) is 19.6. The molecule has 4 aromatic carbocycles. The smallest absolute Gasteiger partial charge is 0.344 e. The van der Waals surface area contributed by atoms with Crippen LogP contribution < -0.4 is 15.7 Å². The van der Waals surface area contributed by atoms with Gasteiger partial charge in [-0.15, -0.1) is 0 Å². The normalized spacial score (nSPS) is 10.9. The van der Waals surface area contributed by atoms with Crippen molar-refractivity contribution in [2.45, 2.75) is 0 Å². The molecule has 1 amide bonds. The van der Waals surface area contributed by atoms with E-state index in [4.69, 9.17) is 9.15 Å². The van der Waals surface area contributed by atoms with Crippen molar-refractivity contribution in [2.75, 3.05) is 11.9 Å². The Morgan fingerprint density at radius 1 is 0.781 bits per heavy atom. The third-order valence-electron chi connectivity index (χ3n) is 5.21. The van der Waals surface area contributed by atoms with Crippen LogP contribution in [-0.2, 0) is 4.79 Å². The Morgan fingerprint density at radius 2 is 1.50 bits per heavy atom. The van der Waals surface area contributed by atoms with E-state index in [9.17, 15) is 9.59 Å². The Kier molecular flexibility index (Phi) is 5.14. The topological polar surface area (TPSA) is 68.5 Å². The van der Waals surface area contributed by atoms with Gasteiger partial charge in [0.05, 0.1) is 5.56 Å². The zero-order valence-corrected chi connectivity index (χ0v) is 17.1. The van der Waals surface area contributed by atoms with Crippen LogP contribution in [0.4, 0.5) is 5.69 Å². The van der Waals surface area contributed by atoms with E-state index in [1.807, 2.05) is 66.7 Å². The molecule has 1 N–H and O–H groups in total. The molecule has 5 nitrogen and oxygen atoms in total. The molecular weight excluding hydrogens is 402 g/mol. The van der Waals surface area contributed by atoms with E-state index in [1.54, 1.807) is 30.3 Å². The summed E-state index contributed by atoms with van der Waals surface area (Å²) in [5.74, 6) is 0.369. The standard InChI is InChI=1S/C27H19NO4/c29-26(17-31-23-14-11-18-5-1-2-6-20(18)15-23)28-22-12-9-19(10-13-22)24-16-21-7-3-4-8-25(21)32-27(24)30/h1-16H,17H2,(H,28,29). The van der Waals surface area contributed by atoms with Gasteiger partial charge in [0, 0.05) is 11.1 Å². The highest BCUT2D eigenvalue weighted by molar-refractivity contribution is 5.92. The summed E-state index contributed by atoms with van der Waals surface area (Å²) in [7, 11) is 0. The summed E-state index contributed by atoms with van der Waals surface area (Å²) in [5.41, 5.74) is 1.96. The van der Waals surface area contributed by atoms with Crippen molar-refractivity contribution < 1.29 is 13.9 Å². The minimum atomic E-state index is -0.399. The molecule has 0 aliphatic heterocycles. The van der Waals surface area contributed by atoms with Gasteiger partial charge in [-0.1, -0.05) is 60.7 Å². The van der Waals surface area contributed by atoms with Crippen molar-refractivity contribution >= 4 is 33.3 Å². The summed E-state index contributed by atoms with van der Waals surface area (Å²) >= 11 is 0. The summed E-state index contributed by atoms with van der Waals surface area (Å²) < 4.78 is 11.0. The van der Waals surface area contributed by atoms with Crippen LogP contribution in [0.1, 0.15) is 0 Å². The van der Waals surface area contributed by atoms with Crippen molar-refractivity contribution in [3.8, 4) is 16.9 Å². The monoisotopic (exact) mass is 421 g/mol. The maximum atomic E-state index is 12.3. The SMILES string of the molecule is O=C(COc1ccc2ccccc2c1)Nc1ccc(-c2cc3ccccc3oc2=O)cc1. The Hall–Kier alpha value is -4.38. The predicted octanol–water partition coefficient (Wildman–Crippen LogP) is 5.63. The molecular formula is C27H19NO4. The van der Waals surface area contributed by atoms with E-state index in [2.05, 4.69) is 5.32 Å². The molecule has 0 saturated carbocycles. The molecule has 5 aromatic rings. The van der Waals surface area contributed by atoms with Gasteiger partial charge in [-0.25, -0.2) is 4.79 Å². The fourth-order valence-corrected chi connectivity index (χ4v) is 3.60. The molecule has 0 aliphatic rings. The molecule has 156 valence electrons. The number of amides is 1. The molecule has 0 saturated heterocycles. The molecule has 1 heterocycles. The Labute approximate surface area is 183 Å². The van der Waals surface area contributed by atoms with Crippen LogP contribution in [-0.4, -0.2) is 12.5 Å². The van der Waals surface area contributed by atoms with Crippen LogP contribution in [0.15, 0.2) is 106 Å². The van der Waals surface area contributed by atoms with E-state index >= 15 is 0 Å². The number of ether oxygens (including phenoxy) is 1. The number of anilines is 1. The van der Waals surface area contributed by atoms with E-state index in [-0.39, 0.29) is 12.5 Å². The summed E-state index contributed by atoms with van der Waals surface area (Å²) in [6.45, 7) is -0.103. The fourth-order valence-electron chi connectivity index (χ4n) is 3.60. The second kappa shape index (κ2) is 8.40. The number of carbonyl (C=O) groups is 1. The molecule has 0 unspecified atom stereocenters. The Balaban J connectivity index is 1.25. The molecule has 1 aromatic heterocycles. The van der Waals surface area contributed by atoms with Gasteiger partial charge in [0.25, 0.3) is 5.91 Å². The van der Waals surface area contributed by atoms with Crippen molar-refractivity contribution in [2.24, 2.45) is 0 Å². The van der Waals surface area contributed by atoms with Crippen molar-refractivity contribution in [1.82, 2.24) is 0 Å². The second-order valence-electron chi connectivity index (χ2n) is 7.41. The highest BCUT2D eigenvalue weighted by Gasteiger charge is 2.09. The van der Waals surface area contributed by atoms with Gasteiger partial charge in [0.1, 0.15) is 11.3 Å². The van der Waals surface area contributed by atoms with Crippen molar-refractivity contribution in [3.63, 3.8) is 0 Å². The number of hydrogen-bond acceptors (Lipinski definition) is 4. The molecule has 32 heavy (non-hydrogen) atoms. The average Bonchev–Trinajstić information content (AvgIpc) is 2.83. The molecule has 0 spiro atoms. The van der Waals surface area contributed by atoms with Crippen LogP contribution in [0, 0.1) is 0 Å². The van der Waals surface area contributed by atoms with Gasteiger partial charge in [-0.2, -0.15) is 0 Å². The first-order valence-electron chi connectivity index (χ1n) is 10.2. The zero-order valence-electron chi connectivity index (χ0n) is 17.1. The van der Waals surface area contributed by atoms with Gasteiger partial charge in [-0.05, 0) is 52.7 Å². The molecule has 0 atom stereocenters. The van der Waals surface area contributed by atoms with Crippen LogP contribution in [0.2, 0.25) is 0 Å². The van der Waals surface area contributed by atoms with E-state index in [1.165, 1.54) is 0 Å². The summed E-state index contributed by atoms with van der Waals surface area (Å²) in [4.78, 5) is 24.6.